The van der Waals surface area contributed by atoms with Crippen LogP contribution < -0.4 is 10.4 Å². The Balaban J connectivity index is 2.23. The largest absolute Gasteiger partial charge is 0.311 e. The summed E-state index contributed by atoms with van der Waals surface area (Å²) in [5.74, 6) is -0.777. The highest BCUT2D eigenvalue weighted by molar-refractivity contribution is 6.06. The molecule has 0 aliphatic heterocycles. The molecule has 5 nitrogen and oxygen atoms in total. The number of benzene rings is 2. The maximum absolute atomic E-state index is 12.5. The van der Waals surface area contributed by atoms with E-state index in [0.29, 0.717) is 5.56 Å². The minimum Gasteiger partial charge on any atom is -0.311 e. The third-order valence-electron chi connectivity index (χ3n) is 3.68. The number of hydrogen-bond acceptors (Lipinski definition) is 3. The zero-order chi connectivity index (χ0) is 16.3. The summed E-state index contributed by atoms with van der Waals surface area (Å²) in [4.78, 5) is 25.3. The van der Waals surface area contributed by atoms with Crippen LogP contribution in [0.3, 0.4) is 0 Å². The highest BCUT2D eigenvalue weighted by Crippen LogP contribution is 2.19. The van der Waals surface area contributed by atoms with Gasteiger partial charge in [-0.15, -0.1) is 0 Å². The number of aryl methyl sites for hydroxylation is 2. The standard InChI is InChI=1S/C17H18N2O3/c1-11-4-9-15(10-12(11)2)19(3)17(21)14-7-5-13(6-8-14)16(20)18-22/h4-10,22H,1-3H3,(H,18,20). The van der Waals surface area contributed by atoms with Gasteiger partial charge in [0, 0.05) is 23.9 Å². The van der Waals surface area contributed by atoms with Crippen molar-refractivity contribution in [2.75, 3.05) is 11.9 Å². The summed E-state index contributed by atoms with van der Waals surface area (Å²) >= 11 is 0. The fraction of sp³-hybridized carbons (Fsp3) is 0.176. The lowest BCUT2D eigenvalue weighted by Gasteiger charge is -2.18. The van der Waals surface area contributed by atoms with Crippen molar-refractivity contribution in [3.63, 3.8) is 0 Å². The number of hydrogen-bond donors (Lipinski definition) is 2. The highest BCUT2D eigenvalue weighted by atomic mass is 16.5. The Bertz CT molecular complexity index is 708. The van der Waals surface area contributed by atoms with Gasteiger partial charge in [0.15, 0.2) is 0 Å². The normalized spacial score (nSPS) is 10.2. The highest BCUT2D eigenvalue weighted by Gasteiger charge is 2.14. The molecule has 2 amide bonds. The van der Waals surface area contributed by atoms with Crippen molar-refractivity contribution in [3.05, 3.63) is 64.7 Å². The summed E-state index contributed by atoms with van der Waals surface area (Å²) in [6, 6.07) is 11.9. The van der Waals surface area contributed by atoms with Crippen LogP contribution in [-0.4, -0.2) is 24.1 Å². The van der Waals surface area contributed by atoms with Gasteiger partial charge in [0.05, 0.1) is 0 Å². The van der Waals surface area contributed by atoms with Gasteiger partial charge in [-0.05, 0) is 61.4 Å². The van der Waals surface area contributed by atoms with E-state index in [1.807, 2.05) is 32.0 Å². The van der Waals surface area contributed by atoms with Gasteiger partial charge in [0.2, 0.25) is 0 Å². The smallest absolute Gasteiger partial charge is 0.274 e. The third kappa shape index (κ3) is 3.15. The Morgan fingerprint density at radius 1 is 0.955 bits per heavy atom. The molecule has 0 fully saturated rings. The third-order valence-corrected chi connectivity index (χ3v) is 3.68. The van der Waals surface area contributed by atoms with Gasteiger partial charge < -0.3 is 4.90 Å². The van der Waals surface area contributed by atoms with E-state index >= 15 is 0 Å². The van der Waals surface area contributed by atoms with Crippen LogP contribution >= 0.6 is 0 Å². The van der Waals surface area contributed by atoms with Crippen molar-refractivity contribution in [2.24, 2.45) is 0 Å². The minimum atomic E-state index is -0.610. The van der Waals surface area contributed by atoms with Gasteiger partial charge in [-0.3, -0.25) is 14.8 Å². The molecule has 0 aliphatic carbocycles. The predicted octanol–water partition coefficient (Wildman–Crippen LogP) is 2.70. The number of anilines is 1. The number of rotatable bonds is 3. The van der Waals surface area contributed by atoms with Crippen LogP contribution in [0.15, 0.2) is 42.5 Å². The molecule has 0 heterocycles. The molecule has 0 atom stereocenters. The number of amides is 2. The molecule has 0 bridgehead atoms. The maximum Gasteiger partial charge on any atom is 0.274 e. The quantitative estimate of drug-likeness (QED) is 0.676. The van der Waals surface area contributed by atoms with Gasteiger partial charge in [-0.2, -0.15) is 0 Å². The van der Waals surface area contributed by atoms with E-state index in [2.05, 4.69) is 0 Å². The van der Waals surface area contributed by atoms with Crippen molar-refractivity contribution in [3.8, 4) is 0 Å². The molecule has 0 radical (unpaired) electrons. The first-order chi connectivity index (χ1) is 10.4. The molecule has 0 aliphatic rings. The van der Waals surface area contributed by atoms with E-state index in [1.54, 1.807) is 29.6 Å². The molecule has 2 aromatic rings. The number of carbonyl (C=O) groups excluding carboxylic acids is 2. The molecule has 0 aromatic heterocycles. The molecule has 0 saturated carbocycles. The molecule has 0 saturated heterocycles. The summed E-state index contributed by atoms with van der Waals surface area (Å²) in [7, 11) is 1.71. The van der Waals surface area contributed by atoms with Gasteiger partial charge in [0.1, 0.15) is 0 Å². The van der Waals surface area contributed by atoms with Crippen molar-refractivity contribution >= 4 is 17.5 Å². The Morgan fingerprint density at radius 2 is 1.55 bits per heavy atom. The second-order valence-corrected chi connectivity index (χ2v) is 5.15. The first kappa shape index (κ1) is 15.7. The molecule has 2 aromatic carbocycles. The van der Waals surface area contributed by atoms with Crippen molar-refractivity contribution in [2.45, 2.75) is 13.8 Å². The van der Waals surface area contributed by atoms with Crippen LogP contribution in [0.1, 0.15) is 31.8 Å². The number of carbonyl (C=O) groups is 2. The molecule has 0 spiro atoms. The zero-order valence-corrected chi connectivity index (χ0v) is 12.8. The summed E-state index contributed by atoms with van der Waals surface area (Å²) in [5, 5.41) is 8.58. The van der Waals surface area contributed by atoms with E-state index in [1.165, 1.54) is 17.7 Å². The van der Waals surface area contributed by atoms with E-state index in [4.69, 9.17) is 5.21 Å². The number of nitrogens with one attached hydrogen (secondary N) is 1. The average Bonchev–Trinajstić information content (AvgIpc) is 2.55. The van der Waals surface area contributed by atoms with E-state index in [0.717, 1.165) is 11.3 Å². The van der Waals surface area contributed by atoms with Crippen molar-refractivity contribution < 1.29 is 14.8 Å². The van der Waals surface area contributed by atoms with Crippen molar-refractivity contribution in [1.29, 1.82) is 0 Å². The maximum atomic E-state index is 12.5. The van der Waals surface area contributed by atoms with Crippen LogP contribution in [0.4, 0.5) is 5.69 Å². The fourth-order valence-corrected chi connectivity index (χ4v) is 2.07. The van der Waals surface area contributed by atoms with E-state index in [9.17, 15) is 9.59 Å². The van der Waals surface area contributed by atoms with E-state index in [-0.39, 0.29) is 11.5 Å². The molecule has 2 rings (SSSR count). The van der Waals surface area contributed by atoms with Gasteiger partial charge in [-0.1, -0.05) is 6.07 Å². The van der Waals surface area contributed by atoms with Gasteiger partial charge in [-0.25, -0.2) is 5.48 Å². The Hall–Kier alpha value is -2.66. The van der Waals surface area contributed by atoms with Crippen molar-refractivity contribution in [1.82, 2.24) is 5.48 Å². The lowest BCUT2D eigenvalue weighted by atomic mass is 10.1. The fourth-order valence-electron chi connectivity index (χ4n) is 2.07. The molecule has 0 unspecified atom stereocenters. The molecule has 5 heteroatoms. The van der Waals surface area contributed by atoms with Gasteiger partial charge >= 0.3 is 0 Å². The monoisotopic (exact) mass is 298 g/mol. The van der Waals surface area contributed by atoms with Gasteiger partial charge in [0.25, 0.3) is 11.8 Å². The number of nitrogens with zero attached hydrogens (tertiary/aromatic N) is 1. The Labute approximate surface area is 129 Å². The van der Waals surface area contributed by atoms with Crippen LogP contribution in [0.5, 0.6) is 0 Å². The molecule has 2 N–H and O–H groups in total. The SMILES string of the molecule is Cc1ccc(N(C)C(=O)c2ccc(C(=O)NO)cc2)cc1C. The summed E-state index contributed by atoms with van der Waals surface area (Å²) in [5.41, 5.74) is 5.41. The topological polar surface area (TPSA) is 69.6 Å². The molecule has 22 heavy (non-hydrogen) atoms. The second kappa shape index (κ2) is 6.41. The lowest BCUT2D eigenvalue weighted by molar-refractivity contribution is 0.0706. The zero-order valence-electron chi connectivity index (χ0n) is 12.8. The van der Waals surface area contributed by atoms with E-state index < -0.39 is 5.91 Å². The molecular formula is C17H18N2O3. The van der Waals surface area contributed by atoms with Crippen LogP contribution in [0.25, 0.3) is 0 Å². The van der Waals surface area contributed by atoms with Crippen LogP contribution in [0.2, 0.25) is 0 Å². The summed E-state index contributed by atoms with van der Waals surface area (Å²) < 4.78 is 0. The number of hydroxylamine groups is 1. The minimum absolute atomic E-state index is 0.167. The van der Waals surface area contributed by atoms with Crippen LogP contribution in [0, 0.1) is 13.8 Å². The molecular weight excluding hydrogens is 280 g/mol. The lowest BCUT2D eigenvalue weighted by Crippen LogP contribution is -2.26. The average molecular weight is 298 g/mol. The molecule has 114 valence electrons. The second-order valence-electron chi connectivity index (χ2n) is 5.15. The first-order valence-corrected chi connectivity index (χ1v) is 6.84. The first-order valence-electron chi connectivity index (χ1n) is 6.84. The predicted molar refractivity (Wildman–Crippen MR) is 84.3 cm³/mol. The summed E-state index contributed by atoms with van der Waals surface area (Å²) in [6.07, 6.45) is 0. The Morgan fingerprint density at radius 3 is 2.09 bits per heavy atom. The Kier molecular flexibility index (Phi) is 4.58. The summed E-state index contributed by atoms with van der Waals surface area (Å²) in [6.45, 7) is 4.02. The van der Waals surface area contributed by atoms with Crippen LogP contribution in [-0.2, 0) is 0 Å².